The van der Waals surface area contributed by atoms with E-state index in [1.807, 2.05) is 13.0 Å². The molecule has 0 aliphatic heterocycles. The summed E-state index contributed by atoms with van der Waals surface area (Å²) >= 11 is 0. The number of fused-ring (bicyclic) bond motifs is 2. The van der Waals surface area contributed by atoms with Gasteiger partial charge in [-0.15, -0.1) is 0 Å². The van der Waals surface area contributed by atoms with Gasteiger partial charge in [-0.05, 0) is 26.0 Å². The molecule has 148 valence electrons. The third-order valence-electron chi connectivity index (χ3n) is 4.45. The maximum Gasteiger partial charge on any atom is 0.278 e. The first-order valence-corrected chi connectivity index (χ1v) is 9.10. The number of carbonyl (C=O) groups excluding carboxylic acids is 1. The number of hydrogen-bond donors (Lipinski definition) is 3. The van der Waals surface area contributed by atoms with Crippen molar-refractivity contribution in [3.05, 3.63) is 45.9 Å². The molecule has 0 saturated carbocycles. The van der Waals surface area contributed by atoms with E-state index in [9.17, 15) is 9.59 Å². The average molecular weight is 386 g/mol. The Bertz CT molecular complexity index is 1090. The van der Waals surface area contributed by atoms with E-state index in [1.54, 1.807) is 23.8 Å². The molecule has 0 aromatic carbocycles. The van der Waals surface area contributed by atoms with Crippen molar-refractivity contribution in [3.63, 3.8) is 0 Å². The predicted molar refractivity (Wildman–Crippen MR) is 104 cm³/mol. The minimum atomic E-state index is -0.360. The van der Waals surface area contributed by atoms with Gasteiger partial charge in [-0.3, -0.25) is 14.0 Å². The lowest BCUT2D eigenvalue weighted by molar-refractivity contribution is -0.660. The van der Waals surface area contributed by atoms with Crippen LogP contribution in [0.2, 0.25) is 0 Å². The summed E-state index contributed by atoms with van der Waals surface area (Å²) in [6.45, 7) is 4.73. The minimum Gasteiger partial charge on any atom is -0.394 e. The standard InChI is InChI=1S/C19H23N5O4/c1-3-21-18(26)13-11-14-17(23(15(13)20)7-9-28-10-8-25)22-16-12(2)5-4-6-24(16)19(14)27/h4-6,11,20,25H,3,7-10H2,1-2H3,(H,21,26)/p+1. The van der Waals surface area contributed by atoms with E-state index >= 15 is 0 Å². The highest BCUT2D eigenvalue weighted by Crippen LogP contribution is 2.15. The van der Waals surface area contributed by atoms with Crippen LogP contribution in [0.3, 0.4) is 0 Å². The molecule has 0 radical (unpaired) electrons. The second-order valence-corrected chi connectivity index (χ2v) is 6.33. The molecule has 0 fully saturated rings. The second-order valence-electron chi connectivity index (χ2n) is 6.33. The summed E-state index contributed by atoms with van der Waals surface area (Å²) in [6.07, 6.45) is 1.65. The fourth-order valence-corrected chi connectivity index (χ4v) is 3.10. The zero-order valence-electron chi connectivity index (χ0n) is 15.9. The monoisotopic (exact) mass is 386 g/mol. The number of nitrogens with zero attached hydrogens (tertiary/aromatic N) is 3. The predicted octanol–water partition coefficient (Wildman–Crippen LogP) is -0.216. The quantitative estimate of drug-likeness (QED) is 0.293. The molecular formula is C19H24N5O4+. The lowest BCUT2D eigenvalue weighted by Crippen LogP contribution is -2.44. The van der Waals surface area contributed by atoms with E-state index in [0.29, 0.717) is 23.2 Å². The number of nitrogen functional groups attached to an aromatic ring is 1. The van der Waals surface area contributed by atoms with Gasteiger partial charge in [-0.2, -0.15) is 0 Å². The molecule has 3 aromatic heterocycles. The molecule has 0 atom stereocenters. The number of carbonyl (C=O) groups is 1. The first-order valence-electron chi connectivity index (χ1n) is 9.10. The number of aliphatic hydroxyl groups excluding tert-OH is 1. The number of anilines is 1. The lowest BCUT2D eigenvalue weighted by Gasteiger charge is -2.12. The smallest absolute Gasteiger partial charge is 0.278 e. The van der Waals surface area contributed by atoms with E-state index < -0.39 is 0 Å². The summed E-state index contributed by atoms with van der Waals surface area (Å²) in [6, 6.07) is 5.13. The molecule has 0 unspecified atom stereocenters. The first-order chi connectivity index (χ1) is 13.5. The van der Waals surface area contributed by atoms with Crippen LogP contribution in [0.4, 0.5) is 5.82 Å². The number of aliphatic hydroxyl groups is 1. The number of nitrogens with one attached hydrogen (secondary N) is 1. The fourth-order valence-electron chi connectivity index (χ4n) is 3.10. The number of rotatable bonds is 7. The van der Waals surface area contributed by atoms with Crippen molar-refractivity contribution < 1.29 is 19.2 Å². The number of aryl methyl sites for hydroxylation is 1. The van der Waals surface area contributed by atoms with E-state index in [-0.39, 0.29) is 49.2 Å². The fraction of sp³-hybridized carbons (Fsp3) is 0.368. The number of nitrogens with two attached hydrogens (primary N) is 1. The molecule has 4 N–H and O–H groups in total. The van der Waals surface area contributed by atoms with Crippen LogP contribution in [0.1, 0.15) is 22.8 Å². The average Bonchev–Trinajstić information content (AvgIpc) is 2.67. The lowest BCUT2D eigenvalue weighted by atomic mass is 10.1. The van der Waals surface area contributed by atoms with Crippen molar-refractivity contribution in [2.45, 2.75) is 20.4 Å². The Morgan fingerprint density at radius 1 is 1.43 bits per heavy atom. The molecule has 3 aromatic rings. The van der Waals surface area contributed by atoms with Gasteiger partial charge in [-0.1, -0.05) is 11.1 Å². The molecule has 3 heterocycles. The third kappa shape index (κ3) is 3.54. The van der Waals surface area contributed by atoms with Crippen LogP contribution in [0.25, 0.3) is 16.7 Å². The molecule has 0 spiro atoms. The number of amides is 1. The van der Waals surface area contributed by atoms with Gasteiger partial charge in [0, 0.05) is 18.3 Å². The Balaban J connectivity index is 2.29. The highest BCUT2D eigenvalue weighted by molar-refractivity contribution is 6.00. The van der Waals surface area contributed by atoms with Crippen molar-refractivity contribution in [1.82, 2.24) is 14.7 Å². The summed E-state index contributed by atoms with van der Waals surface area (Å²) in [5.74, 6) is -0.156. The molecule has 28 heavy (non-hydrogen) atoms. The largest absolute Gasteiger partial charge is 0.394 e. The van der Waals surface area contributed by atoms with Crippen molar-refractivity contribution in [3.8, 4) is 0 Å². The summed E-state index contributed by atoms with van der Waals surface area (Å²) < 4.78 is 8.42. The topological polar surface area (TPSA) is 123 Å². The summed E-state index contributed by atoms with van der Waals surface area (Å²) in [7, 11) is 0. The normalized spacial score (nSPS) is 11.2. The number of ether oxygens (including phenoxy) is 1. The summed E-state index contributed by atoms with van der Waals surface area (Å²) in [5.41, 5.74) is 7.96. The van der Waals surface area contributed by atoms with Gasteiger partial charge >= 0.3 is 0 Å². The van der Waals surface area contributed by atoms with Crippen LogP contribution >= 0.6 is 0 Å². The molecule has 3 rings (SSSR count). The van der Waals surface area contributed by atoms with Crippen LogP contribution < -0.4 is 21.2 Å². The van der Waals surface area contributed by atoms with Gasteiger partial charge in [0.15, 0.2) is 0 Å². The Morgan fingerprint density at radius 3 is 2.93 bits per heavy atom. The number of hydrogen-bond acceptors (Lipinski definition) is 6. The van der Waals surface area contributed by atoms with Gasteiger partial charge < -0.3 is 20.9 Å². The molecular weight excluding hydrogens is 362 g/mol. The number of aromatic nitrogens is 3. The maximum atomic E-state index is 13.1. The molecule has 0 aliphatic rings. The molecule has 0 saturated heterocycles. The van der Waals surface area contributed by atoms with E-state index in [1.165, 1.54) is 10.5 Å². The Morgan fingerprint density at radius 2 is 2.21 bits per heavy atom. The Hall–Kier alpha value is -3.04. The number of pyridine rings is 2. The van der Waals surface area contributed by atoms with E-state index in [4.69, 9.17) is 15.6 Å². The summed E-state index contributed by atoms with van der Waals surface area (Å²) in [4.78, 5) is 30.2. The van der Waals surface area contributed by atoms with Crippen molar-refractivity contribution in [2.24, 2.45) is 0 Å². The maximum absolute atomic E-state index is 13.1. The van der Waals surface area contributed by atoms with Gasteiger partial charge in [0.1, 0.15) is 10.9 Å². The van der Waals surface area contributed by atoms with Crippen molar-refractivity contribution in [1.29, 1.82) is 0 Å². The molecule has 9 heteroatoms. The molecule has 0 bridgehead atoms. The van der Waals surface area contributed by atoms with Crippen molar-refractivity contribution >= 4 is 28.4 Å². The first kappa shape index (κ1) is 19.7. The SMILES string of the molecule is CCNC(=O)c1cc2c(=O)n3cccc(C)c3nc2[n+](CCOCCO)c1N. The summed E-state index contributed by atoms with van der Waals surface area (Å²) in [5, 5.41) is 11.9. The Kier molecular flexibility index (Phi) is 5.86. The van der Waals surface area contributed by atoms with Crippen LogP contribution in [-0.4, -0.2) is 46.8 Å². The van der Waals surface area contributed by atoms with Gasteiger partial charge in [0.05, 0.1) is 26.4 Å². The van der Waals surface area contributed by atoms with Crippen molar-refractivity contribution in [2.75, 3.05) is 32.1 Å². The van der Waals surface area contributed by atoms with E-state index in [2.05, 4.69) is 10.3 Å². The van der Waals surface area contributed by atoms with Crippen LogP contribution in [-0.2, 0) is 11.3 Å². The van der Waals surface area contributed by atoms with Crippen LogP contribution in [0.5, 0.6) is 0 Å². The van der Waals surface area contributed by atoms with E-state index in [0.717, 1.165) is 5.56 Å². The zero-order valence-corrected chi connectivity index (χ0v) is 15.9. The Labute approximate surface area is 161 Å². The minimum absolute atomic E-state index is 0.0940. The molecule has 9 nitrogen and oxygen atoms in total. The highest BCUT2D eigenvalue weighted by atomic mass is 16.5. The zero-order chi connectivity index (χ0) is 20.3. The second kappa shape index (κ2) is 8.32. The highest BCUT2D eigenvalue weighted by Gasteiger charge is 2.24. The molecule has 0 aliphatic carbocycles. The molecule has 1 amide bonds. The van der Waals surface area contributed by atoms with Gasteiger partial charge in [0.2, 0.25) is 11.5 Å². The van der Waals surface area contributed by atoms with Gasteiger partial charge in [-0.25, -0.2) is 4.57 Å². The van der Waals surface area contributed by atoms with Crippen LogP contribution in [0, 0.1) is 6.92 Å². The van der Waals surface area contributed by atoms with Crippen LogP contribution in [0.15, 0.2) is 29.2 Å². The third-order valence-corrected chi connectivity index (χ3v) is 4.45. The van der Waals surface area contributed by atoms with Gasteiger partial charge in [0.25, 0.3) is 17.1 Å².